The summed E-state index contributed by atoms with van der Waals surface area (Å²) in [4.78, 5) is 13.2. The van der Waals surface area contributed by atoms with Gasteiger partial charge in [0.05, 0.1) is 24.4 Å². The van der Waals surface area contributed by atoms with Crippen LogP contribution < -0.4 is 10.1 Å². The molecule has 4 aromatic rings. The zero-order chi connectivity index (χ0) is 22.2. The minimum absolute atomic E-state index is 0.179. The Labute approximate surface area is 186 Å². The molecule has 1 aliphatic carbocycles. The van der Waals surface area contributed by atoms with Crippen LogP contribution in [0.25, 0.3) is 16.6 Å². The number of nitrogens with one attached hydrogen (secondary N) is 1. The van der Waals surface area contributed by atoms with Gasteiger partial charge in [0.1, 0.15) is 17.4 Å². The standard InChI is InChI=1S/C24H26N6O2/c1-14-6-21(22(12-25-14)32-13-17-8-20(31)9-17)18-4-5-30-19(10-18)11-24(29-30)28-23-7-15(2)26-16(3)27-23/h4-7,10-12,17,20,31H,8-9,13H2,1-3H3,(H,26,27,28,29)/t17-,20-. The Hall–Kier alpha value is -3.52. The summed E-state index contributed by atoms with van der Waals surface area (Å²) < 4.78 is 7.93. The lowest BCUT2D eigenvalue weighted by Gasteiger charge is -2.31. The van der Waals surface area contributed by atoms with E-state index < -0.39 is 0 Å². The maximum Gasteiger partial charge on any atom is 0.154 e. The van der Waals surface area contributed by atoms with Crippen LogP contribution in [0.2, 0.25) is 0 Å². The predicted molar refractivity (Wildman–Crippen MR) is 122 cm³/mol. The molecular weight excluding hydrogens is 404 g/mol. The number of aryl methyl sites for hydroxylation is 3. The Kier molecular flexibility index (Phi) is 5.22. The third kappa shape index (κ3) is 4.27. The quantitative estimate of drug-likeness (QED) is 0.477. The van der Waals surface area contributed by atoms with Crippen molar-refractivity contribution < 1.29 is 9.84 Å². The van der Waals surface area contributed by atoms with Crippen LogP contribution >= 0.6 is 0 Å². The van der Waals surface area contributed by atoms with Crippen LogP contribution in [0.3, 0.4) is 0 Å². The maximum absolute atomic E-state index is 9.52. The van der Waals surface area contributed by atoms with E-state index in [4.69, 9.17) is 4.74 Å². The summed E-state index contributed by atoms with van der Waals surface area (Å²) >= 11 is 0. The van der Waals surface area contributed by atoms with Crippen molar-refractivity contribution >= 4 is 17.2 Å². The zero-order valence-electron chi connectivity index (χ0n) is 18.4. The lowest BCUT2D eigenvalue weighted by molar-refractivity contribution is 0.0203. The van der Waals surface area contributed by atoms with Gasteiger partial charge in [-0.25, -0.2) is 14.5 Å². The van der Waals surface area contributed by atoms with Gasteiger partial charge in [0, 0.05) is 35.3 Å². The SMILES string of the molecule is Cc1cc(-c2ccn3nc(Nc4cc(C)nc(C)n4)cc3c2)c(OC[C@H]2C[C@H](O)C2)cn1. The number of pyridine rings is 2. The smallest absolute Gasteiger partial charge is 0.154 e. The second-order valence-corrected chi connectivity index (χ2v) is 8.51. The molecule has 32 heavy (non-hydrogen) atoms. The summed E-state index contributed by atoms with van der Waals surface area (Å²) in [6.07, 6.45) is 5.15. The number of nitrogens with zero attached hydrogens (tertiary/aromatic N) is 5. The van der Waals surface area contributed by atoms with Gasteiger partial charge in [0.25, 0.3) is 0 Å². The highest BCUT2D eigenvalue weighted by Gasteiger charge is 2.27. The summed E-state index contributed by atoms with van der Waals surface area (Å²) in [5.74, 6) is 3.31. The molecule has 2 N–H and O–H groups in total. The van der Waals surface area contributed by atoms with Gasteiger partial charge in [-0.1, -0.05) is 0 Å². The average molecular weight is 431 g/mol. The first kappa shape index (κ1) is 20.4. The van der Waals surface area contributed by atoms with Crippen molar-refractivity contribution in [3.63, 3.8) is 0 Å². The van der Waals surface area contributed by atoms with Crippen LogP contribution in [-0.4, -0.2) is 42.4 Å². The number of aliphatic hydroxyl groups is 1. The van der Waals surface area contributed by atoms with Crippen molar-refractivity contribution in [2.24, 2.45) is 5.92 Å². The molecule has 4 heterocycles. The van der Waals surface area contributed by atoms with Crippen molar-refractivity contribution in [3.8, 4) is 16.9 Å². The second kappa shape index (κ2) is 8.20. The first-order valence-corrected chi connectivity index (χ1v) is 10.8. The highest BCUT2D eigenvalue weighted by atomic mass is 16.5. The molecule has 0 spiro atoms. The van der Waals surface area contributed by atoms with Crippen molar-refractivity contribution in [3.05, 3.63) is 59.9 Å². The van der Waals surface area contributed by atoms with Gasteiger partial charge in [-0.3, -0.25) is 4.98 Å². The molecule has 0 amide bonds. The Morgan fingerprint density at radius 1 is 1.06 bits per heavy atom. The van der Waals surface area contributed by atoms with E-state index in [0.29, 0.717) is 18.3 Å². The van der Waals surface area contributed by atoms with Gasteiger partial charge in [0.2, 0.25) is 0 Å². The summed E-state index contributed by atoms with van der Waals surface area (Å²) in [6.45, 7) is 6.38. The molecule has 1 aliphatic rings. The fourth-order valence-electron chi connectivity index (χ4n) is 4.07. The number of fused-ring (bicyclic) bond motifs is 1. The van der Waals surface area contributed by atoms with Crippen LogP contribution in [0.15, 0.2) is 42.7 Å². The first-order valence-electron chi connectivity index (χ1n) is 10.8. The van der Waals surface area contributed by atoms with Crippen molar-refractivity contribution in [2.45, 2.75) is 39.7 Å². The zero-order valence-corrected chi connectivity index (χ0v) is 18.4. The van der Waals surface area contributed by atoms with Gasteiger partial charge in [-0.2, -0.15) is 5.10 Å². The van der Waals surface area contributed by atoms with Crippen LogP contribution in [0.1, 0.15) is 30.1 Å². The van der Waals surface area contributed by atoms with Gasteiger partial charge >= 0.3 is 0 Å². The Morgan fingerprint density at radius 3 is 2.69 bits per heavy atom. The molecule has 8 nitrogen and oxygen atoms in total. The molecule has 0 aliphatic heterocycles. The van der Waals surface area contributed by atoms with E-state index in [1.165, 1.54) is 0 Å². The molecule has 0 atom stereocenters. The molecule has 0 unspecified atom stereocenters. The van der Waals surface area contributed by atoms with Gasteiger partial charge in [-0.05, 0) is 63.3 Å². The van der Waals surface area contributed by atoms with E-state index in [-0.39, 0.29) is 6.10 Å². The van der Waals surface area contributed by atoms with Crippen LogP contribution in [0.5, 0.6) is 5.75 Å². The molecule has 0 radical (unpaired) electrons. The summed E-state index contributed by atoms with van der Waals surface area (Å²) in [7, 11) is 0. The normalized spacial score (nSPS) is 17.9. The molecule has 0 aromatic carbocycles. The third-order valence-corrected chi connectivity index (χ3v) is 5.69. The number of anilines is 2. The second-order valence-electron chi connectivity index (χ2n) is 8.51. The number of rotatable bonds is 6. The number of hydrogen-bond donors (Lipinski definition) is 2. The summed E-state index contributed by atoms with van der Waals surface area (Å²) in [5.41, 5.74) is 4.82. The van der Waals surface area contributed by atoms with Crippen molar-refractivity contribution in [2.75, 3.05) is 11.9 Å². The monoisotopic (exact) mass is 430 g/mol. The van der Waals surface area contributed by atoms with E-state index in [0.717, 1.165) is 58.3 Å². The summed E-state index contributed by atoms with van der Waals surface area (Å²) in [5, 5.41) is 17.4. The molecule has 1 fully saturated rings. The topological polar surface area (TPSA) is 97.5 Å². The fraction of sp³-hybridized carbons (Fsp3) is 0.333. The van der Waals surface area contributed by atoms with E-state index in [1.54, 1.807) is 6.20 Å². The molecule has 8 heteroatoms. The molecule has 164 valence electrons. The highest BCUT2D eigenvalue weighted by Crippen LogP contribution is 2.33. The third-order valence-electron chi connectivity index (χ3n) is 5.69. The minimum Gasteiger partial charge on any atom is -0.491 e. The Morgan fingerprint density at radius 2 is 1.91 bits per heavy atom. The summed E-state index contributed by atoms with van der Waals surface area (Å²) in [6, 6.07) is 10.0. The van der Waals surface area contributed by atoms with Crippen LogP contribution in [-0.2, 0) is 0 Å². The van der Waals surface area contributed by atoms with E-state index in [2.05, 4.69) is 31.4 Å². The maximum atomic E-state index is 9.52. The van der Waals surface area contributed by atoms with Crippen molar-refractivity contribution in [1.82, 2.24) is 24.6 Å². The number of ether oxygens (including phenoxy) is 1. The number of aliphatic hydroxyl groups excluding tert-OH is 1. The molecular formula is C24H26N6O2. The van der Waals surface area contributed by atoms with Crippen molar-refractivity contribution in [1.29, 1.82) is 0 Å². The average Bonchev–Trinajstić information content (AvgIpc) is 3.11. The highest BCUT2D eigenvalue weighted by molar-refractivity contribution is 5.75. The Bertz CT molecular complexity index is 1260. The molecule has 4 aromatic heterocycles. The van der Waals surface area contributed by atoms with Crippen LogP contribution in [0, 0.1) is 26.7 Å². The largest absolute Gasteiger partial charge is 0.491 e. The van der Waals surface area contributed by atoms with Gasteiger partial charge in [0.15, 0.2) is 5.82 Å². The number of aromatic nitrogens is 5. The number of hydrogen-bond acceptors (Lipinski definition) is 7. The minimum atomic E-state index is -0.179. The molecule has 0 saturated heterocycles. The predicted octanol–water partition coefficient (Wildman–Crippen LogP) is 4.00. The molecule has 5 rings (SSSR count). The van der Waals surface area contributed by atoms with E-state index in [9.17, 15) is 5.11 Å². The van der Waals surface area contributed by atoms with E-state index >= 15 is 0 Å². The van der Waals surface area contributed by atoms with Gasteiger partial charge < -0.3 is 15.2 Å². The first-order chi connectivity index (χ1) is 15.4. The van der Waals surface area contributed by atoms with E-state index in [1.807, 2.05) is 55.7 Å². The van der Waals surface area contributed by atoms with Gasteiger partial charge in [-0.15, -0.1) is 0 Å². The Balaban J connectivity index is 1.41. The fourth-order valence-corrected chi connectivity index (χ4v) is 4.07. The lowest BCUT2D eigenvalue weighted by atomic mass is 9.83. The van der Waals surface area contributed by atoms with Crippen LogP contribution in [0.4, 0.5) is 11.6 Å². The molecule has 1 saturated carbocycles. The lowest BCUT2D eigenvalue weighted by Crippen LogP contribution is -2.32. The molecule has 0 bridgehead atoms.